The van der Waals surface area contributed by atoms with Crippen LogP contribution < -0.4 is 4.90 Å². The highest BCUT2D eigenvalue weighted by Gasteiger charge is 2.26. The van der Waals surface area contributed by atoms with Gasteiger partial charge in [-0.1, -0.05) is 38.1 Å². The fourth-order valence-corrected chi connectivity index (χ4v) is 5.03. The molecule has 0 radical (unpaired) electrons. The van der Waals surface area contributed by atoms with Crippen molar-refractivity contribution in [1.29, 1.82) is 0 Å². The van der Waals surface area contributed by atoms with E-state index in [4.69, 9.17) is 0 Å². The van der Waals surface area contributed by atoms with Crippen LogP contribution in [-0.4, -0.2) is 43.6 Å². The highest BCUT2D eigenvalue weighted by molar-refractivity contribution is 7.89. The third-order valence-corrected chi connectivity index (χ3v) is 7.31. The predicted octanol–water partition coefficient (Wildman–Crippen LogP) is 3.89. The van der Waals surface area contributed by atoms with Crippen LogP contribution in [-0.2, 0) is 23.6 Å². The van der Waals surface area contributed by atoms with E-state index in [9.17, 15) is 8.42 Å². The van der Waals surface area contributed by atoms with Crippen molar-refractivity contribution < 1.29 is 8.42 Å². The molecule has 0 spiro atoms. The third-order valence-electron chi connectivity index (χ3n) is 5.45. The number of fused-ring (bicyclic) bond motifs is 1. The molecule has 0 unspecified atom stereocenters. The van der Waals surface area contributed by atoms with E-state index < -0.39 is 10.0 Å². The molecule has 3 rings (SSSR count). The number of hydrogen-bond acceptors (Lipinski definition) is 4. The van der Waals surface area contributed by atoms with Crippen molar-refractivity contribution in [3.8, 4) is 0 Å². The van der Waals surface area contributed by atoms with E-state index in [0.717, 1.165) is 33.4 Å². The molecule has 0 saturated heterocycles. The van der Waals surface area contributed by atoms with E-state index in [1.165, 1.54) is 4.31 Å². The first-order chi connectivity index (χ1) is 13.6. The summed E-state index contributed by atoms with van der Waals surface area (Å²) in [4.78, 5) is 2.32. The first-order valence-electron chi connectivity index (χ1n) is 9.73. The molecule has 0 aliphatic carbocycles. The molecule has 7 heteroatoms. The lowest BCUT2D eigenvalue weighted by molar-refractivity contribution is 0.464. The Hall–Kier alpha value is -2.38. The molecule has 0 fully saturated rings. The zero-order chi connectivity index (χ0) is 21.5. The van der Waals surface area contributed by atoms with Crippen LogP contribution >= 0.6 is 0 Å². The van der Waals surface area contributed by atoms with Crippen molar-refractivity contribution in [3.63, 3.8) is 0 Å². The van der Waals surface area contributed by atoms with Gasteiger partial charge < -0.3 is 4.90 Å². The summed E-state index contributed by atoms with van der Waals surface area (Å²) >= 11 is 0. The number of aryl methyl sites for hydroxylation is 1. The maximum absolute atomic E-state index is 13.5. The van der Waals surface area contributed by atoms with Crippen molar-refractivity contribution >= 4 is 26.5 Å². The van der Waals surface area contributed by atoms with Crippen molar-refractivity contribution in [2.75, 3.05) is 26.0 Å². The Kier molecular flexibility index (Phi) is 5.74. The van der Waals surface area contributed by atoms with Gasteiger partial charge in [-0.15, -0.1) is 0 Å². The predicted molar refractivity (Wildman–Crippen MR) is 119 cm³/mol. The van der Waals surface area contributed by atoms with E-state index in [-0.39, 0.29) is 5.92 Å². The minimum absolute atomic E-state index is 0.223. The maximum Gasteiger partial charge on any atom is 0.243 e. The molecule has 0 aliphatic rings. The molecule has 0 bridgehead atoms. The van der Waals surface area contributed by atoms with E-state index in [2.05, 4.69) is 18.9 Å². The van der Waals surface area contributed by atoms with E-state index in [0.29, 0.717) is 11.4 Å². The van der Waals surface area contributed by atoms with Gasteiger partial charge in [-0.2, -0.15) is 9.40 Å². The van der Waals surface area contributed by atoms with Gasteiger partial charge in [0.05, 0.1) is 10.6 Å². The Morgan fingerprint density at radius 3 is 2.28 bits per heavy atom. The molecule has 0 atom stereocenters. The summed E-state index contributed by atoms with van der Waals surface area (Å²) in [5.41, 5.74) is 3.90. The summed E-state index contributed by atoms with van der Waals surface area (Å²) in [6, 6.07) is 11.2. The van der Waals surface area contributed by atoms with Gasteiger partial charge >= 0.3 is 0 Å². The summed E-state index contributed by atoms with van der Waals surface area (Å²) in [5, 5.41) is 6.25. The molecule has 0 N–H and O–H groups in total. The average molecular weight is 415 g/mol. The highest BCUT2D eigenvalue weighted by Crippen LogP contribution is 2.32. The molecular weight excluding hydrogens is 384 g/mol. The van der Waals surface area contributed by atoms with Crippen molar-refractivity contribution in [3.05, 3.63) is 53.3 Å². The summed E-state index contributed by atoms with van der Waals surface area (Å²) in [6.45, 7) is 6.43. The molecule has 0 saturated carbocycles. The largest absolute Gasteiger partial charge is 0.377 e. The van der Waals surface area contributed by atoms with Gasteiger partial charge in [0, 0.05) is 62.5 Å². The molecule has 0 amide bonds. The Morgan fingerprint density at radius 1 is 1.03 bits per heavy atom. The van der Waals surface area contributed by atoms with Crippen LogP contribution in [0.15, 0.2) is 41.3 Å². The van der Waals surface area contributed by atoms with Crippen molar-refractivity contribution in [1.82, 2.24) is 14.1 Å². The molecule has 0 aliphatic heterocycles. The molecule has 1 heterocycles. The fourth-order valence-electron chi connectivity index (χ4n) is 3.69. The lowest BCUT2D eigenvalue weighted by Crippen LogP contribution is -2.27. The molecule has 3 aromatic rings. The van der Waals surface area contributed by atoms with Crippen LogP contribution in [0.3, 0.4) is 0 Å². The van der Waals surface area contributed by atoms with Gasteiger partial charge in [0.15, 0.2) is 0 Å². The standard InChI is InChI=1S/C22H30N4O2S/c1-15(2)22-19(16(3)26(7)23-22)14-25(6)29(27,28)21-13-9-10-17-18(21)11-8-12-20(17)24(4)5/h8-13,15H,14H2,1-7H3. The van der Waals surface area contributed by atoms with Crippen LogP contribution in [0.1, 0.15) is 36.7 Å². The second kappa shape index (κ2) is 7.80. The normalized spacial score (nSPS) is 12.3. The lowest BCUT2D eigenvalue weighted by atomic mass is 10.0. The number of hydrogen-bond donors (Lipinski definition) is 0. The molecule has 156 valence electrons. The van der Waals surface area contributed by atoms with Crippen LogP contribution in [0.2, 0.25) is 0 Å². The van der Waals surface area contributed by atoms with Gasteiger partial charge in [0.1, 0.15) is 0 Å². The smallest absolute Gasteiger partial charge is 0.243 e. The number of aromatic nitrogens is 2. The quantitative estimate of drug-likeness (QED) is 0.614. The summed E-state index contributed by atoms with van der Waals surface area (Å²) in [6.07, 6.45) is 0. The zero-order valence-electron chi connectivity index (χ0n) is 18.3. The SMILES string of the molecule is Cc1c(CN(C)S(=O)(=O)c2cccc3c(N(C)C)cccc23)c(C(C)C)nn1C. The van der Waals surface area contributed by atoms with Crippen molar-refractivity contribution in [2.45, 2.75) is 38.1 Å². The number of benzene rings is 2. The van der Waals surface area contributed by atoms with E-state index in [1.54, 1.807) is 13.1 Å². The highest BCUT2D eigenvalue weighted by atomic mass is 32.2. The van der Waals surface area contributed by atoms with E-state index in [1.807, 2.05) is 68.0 Å². The molecule has 2 aromatic carbocycles. The molecular formula is C22H30N4O2S. The Morgan fingerprint density at radius 2 is 1.66 bits per heavy atom. The van der Waals surface area contributed by atoms with Crippen LogP contribution in [0.4, 0.5) is 5.69 Å². The summed E-state index contributed by atoms with van der Waals surface area (Å²) in [7, 11) is 3.77. The second-order valence-electron chi connectivity index (χ2n) is 8.01. The van der Waals surface area contributed by atoms with Gasteiger partial charge in [0.2, 0.25) is 10.0 Å². The van der Waals surface area contributed by atoms with E-state index >= 15 is 0 Å². The monoisotopic (exact) mass is 414 g/mol. The summed E-state index contributed by atoms with van der Waals surface area (Å²) in [5.74, 6) is 0.223. The van der Waals surface area contributed by atoms with Crippen LogP contribution in [0.5, 0.6) is 0 Å². The number of rotatable bonds is 6. The minimum Gasteiger partial charge on any atom is -0.377 e. The van der Waals surface area contributed by atoms with Crippen LogP contribution in [0, 0.1) is 6.92 Å². The number of nitrogens with zero attached hydrogens (tertiary/aromatic N) is 4. The van der Waals surface area contributed by atoms with Crippen molar-refractivity contribution in [2.24, 2.45) is 7.05 Å². The topological polar surface area (TPSA) is 58.4 Å². The van der Waals surface area contributed by atoms with Crippen LogP contribution in [0.25, 0.3) is 10.8 Å². The van der Waals surface area contributed by atoms with Gasteiger partial charge in [-0.25, -0.2) is 8.42 Å². The second-order valence-corrected chi connectivity index (χ2v) is 10.0. The minimum atomic E-state index is -3.68. The lowest BCUT2D eigenvalue weighted by Gasteiger charge is -2.21. The summed E-state index contributed by atoms with van der Waals surface area (Å²) < 4.78 is 30.3. The van der Waals surface area contributed by atoms with Gasteiger partial charge in [-0.3, -0.25) is 4.68 Å². The van der Waals surface area contributed by atoms with Gasteiger partial charge in [-0.05, 0) is 25.0 Å². The Bertz CT molecular complexity index is 1150. The molecule has 1 aromatic heterocycles. The number of anilines is 1. The zero-order valence-corrected chi connectivity index (χ0v) is 19.1. The Labute approximate surface area is 173 Å². The first kappa shape index (κ1) is 21.3. The molecule has 6 nitrogen and oxygen atoms in total. The van der Waals surface area contributed by atoms with Gasteiger partial charge in [0.25, 0.3) is 0 Å². The first-order valence-corrected chi connectivity index (χ1v) is 11.2. The molecule has 29 heavy (non-hydrogen) atoms. The average Bonchev–Trinajstić information content (AvgIpc) is 2.95. The maximum atomic E-state index is 13.5. The Balaban J connectivity index is 2.08. The third kappa shape index (κ3) is 3.76. The number of sulfonamides is 1. The fraction of sp³-hybridized carbons (Fsp3) is 0.409.